The van der Waals surface area contributed by atoms with Crippen LogP contribution < -0.4 is 0 Å². The van der Waals surface area contributed by atoms with Gasteiger partial charge in [-0.2, -0.15) is 5.26 Å². The Bertz CT molecular complexity index is 478. The van der Waals surface area contributed by atoms with Crippen LogP contribution in [0.2, 0.25) is 0 Å². The number of aliphatic carboxylic acids is 1. The zero-order chi connectivity index (χ0) is 13.6. The lowest BCUT2D eigenvalue weighted by molar-refractivity contribution is -0.137. The maximum Gasteiger partial charge on any atom is 0.303 e. The van der Waals surface area contributed by atoms with E-state index in [1.165, 1.54) is 11.8 Å². The highest BCUT2D eigenvalue weighted by Gasteiger charge is 2.27. The van der Waals surface area contributed by atoms with E-state index in [4.69, 9.17) is 5.11 Å². The number of hydrogen-bond acceptors (Lipinski definition) is 3. The lowest BCUT2D eigenvalue weighted by atomic mass is 10.1. The molecule has 0 saturated carbocycles. The molecular weight excluding hydrogens is 246 g/mol. The van der Waals surface area contributed by atoms with Crippen molar-refractivity contribution in [2.75, 3.05) is 0 Å². The molecule has 0 aromatic heterocycles. The summed E-state index contributed by atoms with van der Waals surface area (Å²) < 4.78 is -0.759. The average molecular weight is 261 g/mol. The Morgan fingerprint density at radius 3 is 2.61 bits per heavy atom. The Morgan fingerprint density at radius 1 is 1.50 bits per heavy atom. The Morgan fingerprint density at radius 2 is 2.11 bits per heavy atom. The Hall–Kier alpha value is -1.73. The molecule has 0 heterocycles. The molecular formula is C14H15NO2S. The average Bonchev–Trinajstić information content (AvgIpc) is 2.37. The molecule has 1 unspecified atom stereocenters. The maximum atomic E-state index is 10.6. The standard InChI is InChI=1S/C14H15NO2S/c1-11(12-6-4-3-5-7-12)18-14(2,10-15)9-8-13(16)17/h3-7H,1,8-9H2,2H3,(H,16,17). The smallest absolute Gasteiger partial charge is 0.303 e. The molecule has 18 heavy (non-hydrogen) atoms. The largest absolute Gasteiger partial charge is 0.481 e. The van der Waals surface area contributed by atoms with Gasteiger partial charge in [-0.25, -0.2) is 0 Å². The predicted octanol–water partition coefficient (Wildman–Crippen LogP) is 3.54. The van der Waals surface area contributed by atoms with Gasteiger partial charge in [0.1, 0.15) is 4.75 Å². The lowest BCUT2D eigenvalue weighted by Gasteiger charge is -2.21. The summed E-state index contributed by atoms with van der Waals surface area (Å²) in [6.45, 7) is 5.69. The first-order valence-electron chi connectivity index (χ1n) is 5.53. The van der Waals surface area contributed by atoms with Crippen molar-refractivity contribution in [2.45, 2.75) is 24.5 Å². The van der Waals surface area contributed by atoms with Crippen molar-refractivity contribution in [3.8, 4) is 6.07 Å². The topological polar surface area (TPSA) is 61.1 Å². The lowest BCUT2D eigenvalue weighted by Crippen LogP contribution is -2.18. The second-order valence-corrected chi connectivity index (χ2v) is 5.73. The van der Waals surface area contributed by atoms with Gasteiger partial charge >= 0.3 is 5.97 Å². The van der Waals surface area contributed by atoms with Crippen molar-refractivity contribution < 1.29 is 9.90 Å². The fourth-order valence-electron chi connectivity index (χ4n) is 1.43. The Kier molecular flexibility index (Phi) is 4.99. The van der Waals surface area contributed by atoms with E-state index >= 15 is 0 Å². The number of hydrogen-bond donors (Lipinski definition) is 1. The summed E-state index contributed by atoms with van der Waals surface area (Å²) in [5.41, 5.74) is 0.958. The molecule has 94 valence electrons. The van der Waals surface area contributed by atoms with Crippen LogP contribution in [-0.4, -0.2) is 15.8 Å². The highest BCUT2D eigenvalue weighted by Crippen LogP contribution is 2.39. The van der Waals surface area contributed by atoms with Crippen molar-refractivity contribution in [3.05, 3.63) is 42.5 Å². The maximum absolute atomic E-state index is 10.6. The van der Waals surface area contributed by atoms with Crippen molar-refractivity contribution >= 4 is 22.6 Å². The van der Waals surface area contributed by atoms with E-state index in [1.807, 2.05) is 30.3 Å². The van der Waals surface area contributed by atoms with E-state index in [1.54, 1.807) is 6.92 Å². The Balaban J connectivity index is 2.72. The van der Waals surface area contributed by atoms with Crippen molar-refractivity contribution in [3.63, 3.8) is 0 Å². The van der Waals surface area contributed by atoms with Gasteiger partial charge in [0.15, 0.2) is 0 Å². The zero-order valence-electron chi connectivity index (χ0n) is 10.2. The summed E-state index contributed by atoms with van der Waals surface area (Å²) in [7, 11) is 0. The van der Waals surface area contributed by atoms with Crippen LogP contribution in [0, 0.1) is 11.3 Å². The number of benzene rings is 1. The van der Waals surface area contributed by atoms with E-state index < -0.39 is 10.7 Å². The summed E-state index contributed by atoms with van der Waals surface area (Å²) in [6, 6.07) is 11.7. The molecule has 1 aromatic rings. The summed E-state index contributed by atoms with van der Waals surface area (Å²) in [5, 5.41) is 17.9. The van der Waals surface area contributed by atoms with Crippen LogP contribution in [0.5, 0.6) is 0 Å². The molecule has 0 radical (unpaired) electrons. The second kappa shape index (κ2) is 6.27. The van der Waals surface area contributed by atoms with Gasteiger partial charge in [-0.1, -0.05) is 36.9 Å². The summed E-state index contributed by atoms with van der Waals surface area (Å²) in [4.78, 5) is 11.4. The Labute approximate surface area is 111 Å². The number of rotatable bonds is 6. The summed E-state index contributed by atoms with van der Waals surface area (Å²) in [5.74, 6) is -0.887. The third-order valence-electron chi connectivity index (χ3n) is 2.50. The minimum Gasteiger partial charge on any atom is -0.481 e. The molecule has 0 bridgehead atoms. The molecule has 0 amide bonds. The molecule has 0 aliphatic rings. The van der Waals surface area contributed by atoms with Crippen LogP contribution in [0.15, 0.2) is 36.9 Å². The van der Waals surface area contributed by atoms with Crippen LogP contribution >= 0.6 is 11.8 Å². The van der Waals surface area contributed by atoms with Crippen molar-refractivity contribution in [1.82, 2.24) is 0 Å². The molecule has 1 rings (SSSR count). The number of carboxylic acids is 1. The second-order valence-electron chi connectivity index (χ2n) is 4.13. The molecule has 1 atom stereocenters. The minimum absolute atomic E-state index is 0.0148. The van der Waals surface area contributed by atoms with Gasteiger partial charge in [0.2, 0.25) is 0 Å². The van der Waals surface area contributed by atoms with Crippen LogP contribution in [0.3, 0.4) is 0 Å². The summed E-state index contributed by atoms with van der Waals surface area (Å²) in [6.07, 6.45) is 0.286. The first-order chi connectivity index (χ1) is 8.47. The number of carbonyl (C=O) groups is 1. The number of nitriles is 1. The molecule has 0 aliphatic heterocycles. The van der Waals surface area contributed by atoms with Gasteiger partial charge in [-0.15, -0.1) is 11.8 Å². The monoisotopic (exact) mass is 261 g/mol. The normalized spacial score (nSPS) is 13.3. The number of thioether (sulfide) groups is 1. The summed E-state index contributed by atoms with van der Waals surface area (Å²) >= 11 is 1.32. The fourth-order valence-corrected chi connectivity index (χ4v) is 2.48. The molecule has 0 spiro atoms. The van der Waals surface area contributed by atoms with Gasteiger partial charge < -0.3 is 5.11 Å². The number of nitrogens with zero attached hydrogens (tertiary/aromatic N) is 1. The zero-order valence-corrected chi connectivity index (χ0v) is 11.0. The fraction of sp³-hybridized carbons (Fsp3) is 0.286. The molecule has 0 aliphatic carbocycles. The predicted molar refractivity (Wildman–Crippen MR) is 74.0 cm³/mol. The SMILES string of the molecule is C=C(SC(C)(C#N)CCC(=O)O)c1ccccc1. The first kappa shape index (κ1) is 14.3. The van der Waals surface area contributed by atoms with Gasteiger partial charge in [-0.05, 0) is 18.9 Å². The van der Waals surface area contributed by atoms with E-state index in [0.717, 1.165) is 10.5 Å². The van der Waals surface area contributed by atoms with Crippen molar-refractivity contribution in [1.29, 1.82) is 5.26 Å². The quantitative estimate of drug-likeness (QED) is 0.850. The van der Waals surface area contributed by atoms with Crippen LogP contribution in [0.25, 0.3) is 4.91 Å². The highest BCUT2D eigenvalue weighted by molar-refractivity contribution is 8.09. The third-order valence-corrected chi connectivity index (χ3v) is 3.72. The van der Waals surface area contributed by atoms with Crippen LogP contribution in [0.4, 0.5) is 0 Å². The van der Waals surface area contributed by atoms with Gasteiger partial charge in [0, 0.05) is 11.3 Å². The molecule has 0 saturated heterocycles. The highest BCUT2D eigenvalue weighted by atomic mass is 32.2. The van der Waals surface area contributed by atoms with Crippen LogP contribution in [0.1, 0.15) is 25.3 Å². The molecule has 1 aromatic carbocycles. The van der Waals surface area contributed by atoms with E-state index in [2.05, 4.69) is 12.6 Å². The molecule has 4 heteroatoms. The van der Waals surface area contributed by atoms with Gasteiger partial charge in [0.25, 0.3) is 0 Å². The molecule has 3 nitrogen and oxygen atoms in total. The van der Waals surface area contributed by atoms with Gasteiger partial charge in [-0.3, -0.25) is 4.79 Å². The number of carboxylic acid groups (broad SMARTS) is 1. The van der Waals surface area contributed by atoms with E-state index in [9.17, 15) is 10.1 Å². The molecule has 0 fully saturated rings. The van der Waals surface area contributed by atoms with Gasteiger partial charge in [0.05, 0.1) is 6.07 Å². The molecule has 1 N–H and O–H groups in total. The van der Waals surface area contributed by atoms with E-state index in [0.29, 0.717) is 6.42 Å². The third kappa shape index (κ3) is 4.27. The van der Waals surface area contributed by atoms with Crippen LogP contribution in [-0.2, 0) is 4.79 Å². The van der Waals surface area contributed by atoms with E-state index in [-0.39, 0.29) is 6.42 Å². The van der Waals surface area contributed by atoms with Crippen molar-refractivity contribution in [2.24, 2.45) is 0 Å². The first-order valence-corrected chi connectivity index (χ1v) is 6.35. The minimum atomic E-state index is -0.887.